The van der Waals surface area contributed by atoms with Gasteiger partial charge >= 0.3 is 0 Å². The number of nitrogens with zero attached hydrogens (tertiary/aromatic N) is 1. The van der Waals surface area contributed by atoms with E-state index in [4.69, 9.17) is 0 Å². The molecule has 2 aliphatic carbocycles. The molecule has 1 unspecified atom stereocenters. The van der Waals surface area contributed by atoms with Crippen molar-refractivity contribution in [2.75, 3.05) is 11.5 Å². The van der Waals surface area contributed by atoms with Crippen molar-refractivity contribution in [2.24, 2.45) is 5.92 Å². The van der Waals surface area contributed by atoms with Crippen molar-refractivity contribution in [3.05, 3.63) is 0 Å². The van der Waals surface area contributed by atoms with Gasteiger partial charge in [-0.15, -0.1) is 0 Å². The molecule has 2 aliphatic heterocycles. The Hall–Kier alpha value is -0.220. The Balaban J connectivity index is 1.58. The molecular formula is C15H24N2OS. The van der Waals surface area contributed by atoms with Gasteiger partial charge in [-0.25, -0.2) is 0 Å². The molecule has 3 nitrogen and oxygen atoms in total. The topological polar surface area (TPSA) is 32.3 Å². The van der Waals surface area contributed by atoms with Gasteiger partial charge in [-0.3, -0.25) is 10.1 Å². The van der Waals surface area contributed by atoms with Crippen molar-refractivity contribution in [3.63, 3.8) is 0 Å². The van der Waals surface area contributed by atoms with Gasteiger partial charge in [0.1, 0.15) is 0 Å². The number of nitrogens with one attached hydrogen (secondary N) is 1. The molecule has 4 rings (SSSR count). The van der Waals surface area contributed by atoms with Crippen LogP contribution < -0.4 is 5.32 Å². The fraction of sp³-hybridized carbons (Fsp3) is 0.933. The second-order valence-electron chi connectivity index (χ2n) is 6.77. The van der Waals surface area contributed by atoms with Gasteiger partial charge in [0.15, 0.2) is 0 Å². The van der Waals surface area contributed by atoms with Crippen LogP contribution in [0.25, 0.3) is 0 Å². The lowest BCUT2D eigenvalue weighted by molar-refractivity contribution is -0.133. The molecule has 0 bridgehead atoms. The van der Waals surface area contributed by atoms with E-state index in [-0.39, 0.29) is 5.54 Å². The van der Waals surface area contributed by atoms with Crippen LogP contribution >= 0.6 is 11.8 Å². The summed E-state index contributed by atoms with van der Waals surface area (Å²) in [5.74, 6) is 3.64. The highest BCUT2D eigenvalue weighted by Gasteiger charge is 2.61. The first-order valence-corrected chi connectivity index (χ1v) is 9.14. The van der Waals surface area contributed by atoms with Gasteiger partial charge in [-0.1, -0.05) is 12.8 Å². The molecular weight excluding hydrogens is 256 g/mol. The van der Waals surface area contributed by atoms with Gasteiger partial charge in [0.2, 0.25) is 5.91 Å². The average Bonchev–Trinajstić information content (AvgIpc) is 2.92. The smallest absolute Gasteiger partial charge is 0.244 e. The molecule has 0 aromatic heterocycles. The highest BCUT2D eigenvalue weighted by molar-refractivity contribution is 7.99. The van der Waals surface area contributed by atoms with Crippen LogP contribution in [-0.2, 0) is 4.79 Å². The zero-order valence-corrected chi connectivity index (χ0v) is 12.4. The summed E-state index contributed by atoms with van der Waals surface area (Å²) in [6.07, 6.45) is 10.3. The third kappa shape index (κ3) is 2.02. The number of rotatable bonds is 2. The first-order valence-electron chi connectivity index (χ1n) is 7.98. The van der Waals surface area contributed by atoms with Gasteiger partial charge in [0, 0.05) is 6.04 Å². The van der Waals surface area contributed by atoms with Crippen molar-refractivity contribution >= 4 is 17.7 Å². The van der Waals surface area contributed by atoms with Crippen LogP contribution in [-0.4, -0.2) is 40.1 Å². The minimum absolute atomic E-state index is 0.113. The van der Waals surface area contributed by atoms with Gasteiger partial charge in [-0.2, -0.15) is 11.8 Å². The van der Waals surface area contributed by atoms with Crippen molar-refractivity contribution < 1.29 is 4.79 Å². The van der Waals surface area contributed by atoms with E-state index in [0.29, 0.717) is 18.1 Å². The maximum atomic E-state index is 12.8. The monoisotopic (exact) mass is 280 g/mol. The average molecular weight is 280 g/mol. The molecule has 4 fully saturated rings. The fourth-order valence-electron chi connectivity index (χ4n) is 4.25. The van der Waals surface area contributed by atoms with E-state index >= 15 is 0 Å². The number of carbonyl (C=O) groups is 1. The first kappa shape index (κ1) is 12.5. The van der Waals surface area contributed by atoms with Crippen LogP contribution in [0.1, 0.15) is 51.4 Å². The summed E-state index contributed by atoms with van der Waals surface area (Å²) in [7, 11) is 0. The van der Waals surface area contributed by atoms with Crippen LogP contribution in [0.3, 0.4) is 0 Å². The molecule has 4 aliphatic rings. The predicted octanol–water partition coefficient (Wildman–Crippen LogP) is 2.36. The first-order chi connectivity index (χ1) is 9.30. The Bertz CT molecular complexity index is 370. The van der Waals surface area contributed by atoms with Crippen molar-refractivity contribution in [2.45, 2.75) is 69.1 Å². The summed E-state index contributed by atoms with van der Waals surface area (Å²) in [5.41, 5.74) is -0.113. The maximum absolute atomic E-state index is 12.8. The number of hydrogen-bond donors (Lipinski definition) is 1. The molecule has 1 amide bonds. The zero-order chi connectivity index (χ0) is 12.9. The van der Waals surface area contributed by atoms with E-state index in [1.807, 2.05) is 11.8 Å². The largest absolute Gasteiger partial charge is 0.322 e. The number of amides is 1. The van der Waals surface area contributed by atoms with Gasteiger partial charge in [0.05, 0.1) is 11.7 Å². The van der Waals surface area contributed by atoms with Gasteiger partial charge in [-0.05, 0) is 55.9 Å². The Morgan fingerprint density at radius 3 is 2.42 bits per heavy atom. The molecule has 0 radical (unpaired) electrons. The van der Waals surface area contributed by atoms with E-state index in [0.717, 1.165) is 18.8 Å². The maximum Gasteiger partial charge on any atom is 0.244 e. The van der Waals surface area contributed by atoms with E-state index in [1.165, 1.54) is 50.0 Å². The standard InChI is InChI=1S/C15H24N2OS/c18-14-15(7-8-15)16-13(11-3-1-2-4-11)17(14)12-5-9-19-10-6-12/h11-13,16H,1-10H2. The second kappa shape index (κ2) is 4.66. The molecule has 2 saturated carbocycles. The Labute approximate surface area is 119 Å². The lowest BCUT2D eigenvalue weighted by atomic mass is 10.0. The number of thioether (sulfide) groups is 1. The highest BCUT2D eigenvalue weighted by atomic mass is 32.2. The highest BCUT2D eigenvalue weighted by Crippen LogP contribution is 2.47. The molecule has 0 aromatic carbocycles. The summed E-state index contributed by atoms with van der Waals surface area (Å²) in [5, 5.41) is 3.75. The summed E-state index contributed by atoms with van der Waals surface area (Å²) < 4.78 is 0. The van der Waals surface area contributed by atoms with Crippen LogP contribution in [0.5, 0.6) is 0 Å². The molecule has 1 spiro atoms. The molecule has 2 saturated heterocycles. The van der Waals surface area contributed by atoms with E-state index in [9.17, 15) is 4.79 Å². The van der Waals surface area contributed by atoms with Crippen molar-refractivity contribution in [1.82, 2.24) is 10.2 Å². The number of carbonyl (C=O) groups excluding carboxylic acids is 1. The predicted molar refractivity (Wildman–Crippen MR) is 78.0 cm³/mol. The molecule has 2 heterocycles. The molecule has 1 N–H and O–H groups in total. The second-order valence-corrected chi connectivity index (χ2v) is 8.00. The normalized spacial score (nSPS) is 35.5. The molecule has 4 heteroatoms. The Morgan fingerprint density at radius 2 is 1.79 bits per heavy atom. The number of hydrogen-bond acceptors (Lipinski definition) is 3. The van der Waals surface area contributed by atoms with Crippen molar-refractivity contribution in [3.8, 4) is 0 Å². The van der Waals surface area contributed by atoms with Crippen LogP contribution in [0.15, 0.2) is 0 Å². The van der Waals surface area contributed by atoms with Crippen LogP contribution in [0.4, 0.5) is 0 Å². The summed E-state index contributed by atoms with van der Waals surface area (Å²) >= 11 is 2.05. The summed E-state index contributed by atoms with van der Waals surface area (Å²) in [4.78, 5) is 15.1. The Kier molecular flexibility index (Phi) is 3.07. The molecule has 19 heavy (non-hydrogen) atoms. The van der Waals surface area contributed by atoms with E-state index in [1.54, 1.807) is 0 Å². The molecule has 106 valence electrons. The van der Waals surface area contributed by atoms with Gasteiger partial charge in [0.25, 0.3) is 0 Å². The van der Waals surface area contributed by atoms with E-state index in [2.05, 4.69) is 10.2 Å². The minimum atomic E-state index is -0.113. The third-order valence-corrected chi connectivity index (χ3v) is 6.60. The third-order valence-electron chi connectivity index (χ3n) is 5.55. The lowest BCUT2D eigenvalue weighted by Gasteiger charge is -2.37. The van der Waals surface area contributed by atoms with Crippen LogP contribution in [0.2, 0.25) is 0 Å². The Morgan fingerprint density at radius 1 is 1.11 bits per heavy atom. The molecule has 0 aromatic rings. The quantitative estimate of drug-likeness (QED) is 0.843. The van der Waals surface area contributed by atoms with Gasteiger partial charge < -0.3 is 4.90 Å². The molecule has 1 atom stereocenters. The van der Waals surface area contributed by atoms with E-state index < -0.39 is 0 Å². The lowest BCUT2D eigenvalue weighted by Crippen LogP contribution is -2.49. The summed E-state index contributed by atoms with van der Waals surface area (Å²) in [6, 6.07) is 0.520. The van der Waals surface area contributed by atoms with Crippen LogP contribution in [0, 0.1) is 5.92 Å². The minimum Gasteiger partial charge on any atom is -0.322 e. The van der Waals surface area contributed by atoms with Crippen molar-refractivity contribution in [1.29, 1.82) is 0 Å². The zero-order valence-electron chi connectivity index (χ0n) is 11.6. The SMILES string of the molecule is O=C1N(C2CCSCC2)C(C2CCCC2)NC12CC2. The fourth-order valence-corrected chi connectivity index (χ4v) is 5.33. The summed E-state index contributed by atoms with van der Waals surface area (Å²) in [6.45, 7) is 0.